The van der Waals surface area contributed by atoms with E-state index in [0.717, 1.165) is 10.0 Å². The lowest BCUT2D eigenvalue weighted by atomic mass is 9.95. The van der Waals surface area contributed by atoms with Gasteiger partial charge in [0.2, 0.25) is 0 Å². The molecular formula is C11H15BrO3. The molecule has 0 radical (unpaired) electrons. The zero-order valence-corrected chi connectivity index (χ0v) is 10.6. The Balaban J connectivity index is 2.98. The van der Waals surface area contributed by atoms with Gasteiger partial charge >= 0.3 is 0 Å². The predicted octanol–water partition coefficient (Wildman–Crippen LogP) is 2.28. The standard InChI is InChI=1S/C11H15BrO3/c1-11(13,10(14-2)15-3)8-4-6-9(12)7-5-8/h4-7,10,13H,1-3H3/t11-/m1/s1. The van der Waals surface area contributed by atoms with Crippen molar-refractivity contribution in [3.8, 4) is 0 Å². The Labute approximate surface area is 98.1 Å². The molecule has 0 spiro atoms. The van der Waals surface area contributed by atoms with Gasteiger partial charge in [-0.25, -0.2) is 0 Å². The van der Waals surface area contributed by atoms with Gasteiger partial charge in [-0.05, 0) is 24.6 Å². The lowest BCUT2D eigenvalue weighted by Gasteiger charge is -2.30. The fourth-order valence-corrected chi connectivity index (χ4v) is 1.74. The Morgan fingerprint density at radius 2 is 1.67 bits per heavy atom. The average Bonchev–Trinajstić information content (AvgIpc) is 2.19. The van der Waals surface area contributed by atoms with E-state index < -0.39 is 11.9 Å². The Morgan fingerprint density at radius 3 is 2.07 bits per heavy atom. The molecule has 0 bridgehead atoms. The van der Waals surface area contributed by atoms with Crippen LogP contribution < -0.4 is 0 Å². The number of aliphatic hydroxyl groups is 1. The van der Waals surface area contributed by atoms with Gasteiger partial charge in [-0.2, -0.15) is 0 Å². The van der Waals surface area contributed by atoms with Crippen molar-refractivity contribution in [2.24, 2.45) is 0 Å². The highest BCUT2D eigenvalue weighted by Gasteiger charge is 2.34. The first-order chi connectivity index (χ1) is 7.02. The first kappa shape index (κ1) is 12.6. The highest BCUT2D eigenvalue weighted by molar-refractivity contribution is 9.10. The van der Waals surface area contributed by atoms with Gasteiger partial charge in [-0.1, -0.05) is 28.1 Å². The van der Waals surface area contributed by atoms with Crippen LogP contribution in [0, 0.1) is 0 Å². The van der Waals surface area contributed by atoms with Crippen molar-refractivity contribution >= 4 is 15.9 Å². The quantitative estimate of drug-likeness (QED) is 0.857. The van der Waals surface area contributed by atoms with Crippen LogP contribution in [0.3, 0.4) is 0 Å². The number of benzene rings is 1. The van der Waals surface area contributed by atoms with Crippen LogP contribution in [0.25, 0.3) is 0 Å². The molecule has 0 amide bonds. The summed E-state index contributed by atoms with van der Waals surface area (Å²) in [7, 11) is 3.00. The average molecular weight is 275 g/mol. The third-order valence-corrected chi connectivity index (χ3v) is 2.84. The zero-order valence-electron chi connectivity index (χ0n) is 9.03. The van der Waals surface area contributed by atoms with Crippen molar-refractivity contribution in [3.05, 3.63) is 34.3 Å². The van der Waals surface area contributed by atoms with E-state index in [4.69, 9.17) is 9.47 Å². The first-order valence-electron chi connectivity index (χ1n) is 4.56. The van der Waals surface area contributed by atoms with Crippen LogP contribution in [-0.2, 0) is 15.1 Å². The topological polar surface area (TPSA) is 38.7 Å². The van der Waals surface area contributed by atoms with Gasteiger partial charge in [0, 0.05) is 18.7 Å². The lowest BCUT2D eigenvalue weighted by Crippen LogP contribution is -2.39. The van der Waals surface area contributed by atoms with Crippen molar-refractivity contribution in [1.82, 2.24) is 0 Å². The van der Waals surface area contributed by atoms with Crippen LogP contribution in [0.2, 0.25) is 0 Å². The van der Waals surface area contributed by atoms with Gasteiger partial charge in [0.25, 0.3) is 0 Å². The number of hydrogen-bond donors (Lipinski definition) is 1. The number of methoxy groups -OCH3 is 2. The normalized spacial score (nSPS) is 15.3. The highest BCUT2D eigenvalue weighted by Crippen LogP contribution is 2.27. The Hall–Kier alpha value is -0.420. The molecule has 1 aromatic rings. The minimum absolute atomic E-state index is 0.682. The summed E-state index contributed by atoms with van der Waals surface area (Å²) in [6.45, 7) is 1.66. The Kier molecular flexibility index (Phi) is 4.28. The Morgan fingerprint density at radius 1 is 1.20 bits per heavy atom. The molecule has 0 saturated carbocycles. The molecule has 0 aliphatic carbocycles. The molecular weight excluding hydrogens is 260 g/mol. The second kappa shape index (κ2) is 5.07. The monoisotopic (exact) mass is 274 g/mol. The molecule has 1 atom stereocenters. The molecule has 0 heterocycles. The summed E-state index contributed by atoms with van der Waals surface area (Å²) in [6.07, 6.45) is -0.682. The van der Waals surface area contributed by atoms with Crippen molar-refractivity contribution in [3.63, 3.8) is 0 Å². The van der Waals surface area contributed by atoms with Crippen LogP contribution in [0.5, 0.6) is 0 Å². The molecule has 0 aliphatic rings. The summed E-state index contributed by atoms with van der Waals surface area (Å²) in [4.78, 5) is 0. The molecule has 0 aliphatic heterocycles. The third kappa shape index (κ3) is 2.78. The van der Waals surface area contributed by atoms with Crippen LogP contribution >= 0.6 is 15.9 Å². The highest BCUT2D eigenvalue weighted by atomic mass is 79.9. The molecule has 1 aromatic carbocycles. The number of hydrogen-bond acceptors (Lipinski definition) is 3. The van der Waals surface area contributed by atoms with E-state index in [1.807, 2.05) is 24.3 Å². The molecule has 0 aromatic heterocycles. The van der Waals surface area contributed by atoms with Crippen LogP contribution in [0.15, 0.2) is 28.7 Å². The minimum Gasteiger partial charge on any atom is -0.380 e. The first-order valence-corrected chi connectivity index (χ1v) is 5.35. The van der Waals surface area contributed by atoms with Gasteiger partial charge in [-0.15, -0.1) is 0 Å². The molecule has 4 heteroatoms. The molecule has 0 unspecified atom stereocenters. The second-order valence-corrected chi connectivity index (χ2v) is 4.37. The summed E-state index contributed by atoms with van der Waals surface area (Å²) in [6, 6.07) is 7.39. The van der Waals surface area contributed by atoms with Gasteiger partial charge in [0.05, 0.1) is 0 Å². The van der Waals surface area contributed by atoms with Crippen molar-refractivity contribution in [2.45, 2.75) is 18.8 Å². The van der Waals surface area contributed by atoms with E-state index in [2.05, 4.69) is 15.9 Å². The lowest BCUT2D eigenvalue weighted by molar-refractivity contribution is -0.213. The van der Waals surface area contributed by atoms with Gasteiger partial charge in [-0.3, -0.25) is 0 Å². The molecule has 0 saturated heterocycles. The van der Waals surface area contributed by atoms with Crippen LogP contribution in [0.4, 0.5) is 0 Å². The summed E-state index contributed by atoms with van der Waals surface area (Å²) in [5.74, 6) is 0. The minimum atomic E-state index is -1.16. The smallest absolute Gasteiger partial charge is 0.189 e. The SMILES string of the molecule is COC(OC)[C@](C)(O)c1ccc(Br)cc1. The molecule has 1 N–H and O–H groups in total. The van der Waals surface area contributed by atoms with E-state index in [9.17, 15) is 5.11 Å². The van der Waals surface area contributed by atoms with Crippen LogP contribution in [0.1, 0.15) is 12.5 Å². The maximum atomic E-state index is 10.3. The summed E-state index contributed by atoms with van der Waals surface area (Å²) in [5, 5.41) is 10.3. The van der Waals surface area contributed by atoms with Gasteiger partial charge < -0.3 is 14.6 Å². The van der Waals surface area contributed by atoms with E-state index in [-0.39, 0.29) is 0 Å². The van der Waals surface area contributed by atoms with E-state index in [1.165, 1.54) is 14.2 Å². The zero-order chi connectivity index (χ0) is 11.5. The molecule has 1 rings (SSSR count). The Bertz CT molecular complexity index is 304. The summed E-state index contributed by atoms with van der Waals surface area (Å²) < 4.78 is 11.1. The second-order valence-electron chi connectivity index (χ2n) is 3.46. The van der Waals surface area contributed by atoms with Gasteiger partial charge in [0.1, 0.15) is 5.60 Å². The van der Waals surface area contributed by atoms with Gasteiger partial charge in [0.15, 0.2) is 6.29 Å². The molecule has 15 heavy (non-hydrogen) atoms. The van der Waals surface area contributed by atoms with Crippen molar-refractivity contribution < 1.29 is 14.6 Å². The van der Waals surface area contributed by atoms with Crippen LogP contribution in [-0.4, -0.2) is 25.6 Å². The number of rotatable bonds is 4. The van der Waals surface area contributed by atoms with E-state index in [1.54, 1.807) is 6.92 Å². The molecule has 3 nitrogen and oxygen atoms in total. The summed E-state index contributed by atoms with van der Waals surface area (Å²) in [5.41, 5.74) is -0.413. The third-order valence-electron chi connectivity index (χ3n) is 2.32. The maximum Gasteiger partial charge on any atom is 0.189 e. The fourth-order valence-electron chi connectivity index (χ4n) is 1.48. The van der Waals surface area contributed by atoms with Crippen molar-refractivity contribution in [2.75, 3.05) is 14.2 Å². The van der Waals surface area contributed by atoms with Crippen molar-refractivity contribution in [1.29, 1.82) is 0 Å². The largest absolute Gasteiger partial charge is 0.380 e. The summed E-state index contributed by atoms with van der Waals surface area (Å²) >= 11 is 3.34. The molecule has 84 valence electrons. The fraction of sp³-hybridized carbons (Fsp3) is 0.455. The predicted molar refractivity (Wildman–Crippen MR) is 61.5 cm³/mol. The number of ether oxygens (including phenoxy) is 2. The van der Waals surface area contributed by atoms with E-state index in [0.29, 0.717) is 0 Å². The maximum absolute atomic E-state index is 10.3. The molecule has 0 fully saturated rings. The van der Waals surface area contributed by atoms with E-state index >= 15 is 0 Å². The number of halogens is 1.